The molecule has 4 heteroatoms. The van der Waals surface area contributed by atoms with E-state index in [2.05, 4.69) is 29.2 Å². The first-order valence-electron chi connectivity index (χ1n) is 9.60. The minimum absolute atomic E-state index is 0.00147. The van der Waals surface area contributed by atoms with Gasteiger partial charge in [-0.2, -0.15) is 0 Å². The zero-order chi connectivity index (χ0) is 18.0. The molecule has 0 aliphatic carbocycles. The molecule has 2 aromatic carbocycles. The maximum Gasteiger partial charge on any atom is 0.137 e. The van der Waals surface area contributed by atoms with Crippen LogP contribution in [0, 0.1) is 0 Å². The van der Waals surface area contributed by atoms with Crippen molar-refractivity contribution in [2.45, 2.75) is 38.0 Å². The molecule has 2 unspecified atom stereocenters. The van der Waals surface area contributed by atoms with Crippen molar-refractivity contribution in [2.24, 2.45) is 0 Å². The second-order valence-electron chi connectivity index (χ2n) is 6.78. The number of rotatable bonds is 10. The summed E-state index contributed by atoms with van der Waals surface area (Å²) >= 11 is 0. The molecule has 0 spiro atoms. The van der Waals surface area contributed by atoms with Crippen molar-refractivity contribution in [3.05, 3.63) is 66.2 Å². The number of para-hydroxylation sites is 1. The Kier molecular flexibility index (Phi) is 7.50. The van der Waals surface area contributed by atoms with Gasteiger partial charge < -0.3 is 14.6 Å². The van der Waals surface area contributed by atoms with Crippen LogP contribution in [0.15, 0.2) is 60.7 Å². The van der Waals surface area contributed by atoms with E-state index in [-0.39, 0.29) is 12.3 Å². The Morgan fingerprint density at radius 3 is 2.35 bits per heavy atom. The molecule has 0 radical (unpaired) electrons. The van der Waals surface area contributed by atoms with Gasteiger partial charge in [0.05, 0.1) is 0 Å². The fraction of sp³-hybridized carbons (Fsp3) is 0.455. The highest BCUT2D eigenvalue weighted by atomic mass is 16.6. The van der Waals surface area contributed by atoms with Crippen LogP contribution in [0.4, 0.5) is 0 Å². The molecule has 1 aliphatic rings. The summed E-state index contributed by atoms with van der Waals surface area (Å²) in [6.07, 6.45) is 4.31. The molecule has 1 saturated heterocycles. The molecule has 0 amide bonds. The molecule has 140 valence electrons. The average Bonchev–Trinajstić information content (AvgIpc) is 3.11. The lowest BCUT2D eigenvalue weighted by Gasteiger charge is -2.22. The Hall–Kier alpha value is -1.88. The SMILES string of the molecule is OCCCCCCN1CC(COc2ccccc2)OC1c1ccccc1. The van der Waals surface area contributed by atoms with Crippen LogP contribution in [0.1, 0.15) is 37.5 Å². The molecular formula is C22H29NO3. The molecule has 3 rings (SSSR count). The fourth-order valence-electron chi connectivity index (χ4n) is 3.36. The monoisotopic (exact) mass is 355 g/mol. The van der Waals surface area contributed by atoms with E-state index in [0.29, 0.717) is 13.2 Å². The van der Waals surface area contributed by atoms with Gasteiger partial charge in [0.25, 0.3) is 0 Å². The van der Waals surface area contributed by atoms with Crippen LogP contribution in [-0.2, 0) is 4.74 Å². The maximum atomic E-state index is 8.91. The van der Waals surface area contributed by atoms with Crippen molar-refractivity contribution in [1.82, 2.24) is 4.90 Å². The lowest BCUT2D eigenvalue weighted by molar-refractivity contribution is -0.0162. The molecule has 1 N–H and O–H groups in total. The molecule has 0 bridgehead atoms. The van der Waals surface area contributed by atoms with Gasteiger partial charge in [0.2, 0.25) is 0 Å². The van der Waals surface area contributed by atoms with E-state index in [1.54, 1.807) is 0 Å². The number of aliphatic hydroxyl groups excluding tert-OH is 1. The van der Waals surface area contributed by atoms with Crippen LogP contribution in [0.3, 0.4) is 0 Å². The van der Waals surface area contributed by atoms with Crippen LogP contribution in [0.2, 0.25) is 0 Å². The van der Waals surface area contributed by atoms with Gasteiger partial charge in [0.1, 0.15) is 24.7 Å². The second kappa shape index (κ2) is 10.3. The number of hydrogen-bond acceptors (Lipinski definition) is 4. The molecule has 26 heavy (non-hydrogen) atoms. The van der Waals surface area contributed by atoms with Crippen LogP contribution in [-0.4, -0.2) is 42.4 Å². The third kappa shape index (κ3) is 5.56. The minimum atomic E-state index is -0.00147. The number of aliphatic hydroxyl groups is 1. The Morgan fingerprint density at radius 1 is 0.923 bits per heavy atom. The summed E-state index contributed by atoms with van der Waals surface area (Å²) < 4.78 is 12.2. The number of unbranched alkanes of at least 4 members (excludes halogenated alkanes) is 3. The summed E-state index contributed by atoms with van der Waals surface area (Å²) in [6.45, 7) is 2.74. The maximum absolute atomic E-state index is 8.91. The largest absolute Gasteiger partial charge is 0.491 e. The Bertz CT molecular complexity index is 620. The Balaban J connectivity index is 1.55. The van der Waals surface area contributed by atoms with Gasteiger partial charge >= 0.3 is 0 Å². The van der Waals surface area contributed by atoms with E-state index in [0.717, 1.165) is 44.5 Å². The van der Waals surface area contributed by atoms with Crippen LogP contribution in [0.5, 0.6) is 5.75 Å². The summed E-state index contributed by atoms with van der Waals surface area (Å²) in [4.78, 5) is 2.41. The minimum Gasteiger partial charge on any atom is -0.491 e. The number of benzene rings is 2. The predicted octanol–water partition coefficient (Wildman–Crippen LogP) is 4.02. The molecular weight excluding hydrogens is 326 g/mol. The molecule has 4 nitrogen and oxygen atoms in total. The average molecular weight is 355 g/mol. The van der Waals surface area contributed by atoms with E-state index in [1.165, 1.54) is 5.56 Å². The zero-order valence-electron chi connectivity index (χ0n) is 15.3. The van der Waals surface area contributed by atoms with E-state index in [1.807, 2.05) is 36.4 Å². The van der Waals surface area contributed by atoms with Crippen molar-refractivity contribution >= 4 is 0 Å². The van der Waals surface area contributed by atoms with Crippen molar-refractivity contribution in [3.8, 4) is 5.75 Å². The van der Waals surface area contributed by atoms with Crippen LogP contribution >= 0.6 is 0 Å². The summed E-state index contributed by atoms with van der Waals surface area (Å²) in [5.74, 6) is 0.884. The highest BCUT2D eigenvalue weighted by molar-refractivity contribution is 5.21. The summed E-state index contributed by atoms with van der Waals surface area (Å²) in [5.41, 5.74) is 1.20. The second-order valence-corrected chi connectivity index (χ2v) is 6.78. The van der Waals surface area contributed by atoms with E-state index < -0.39 is 0 Å². The van der Waals surface area contributed by atoms with Gasteiger partial charge in [0.15, 0.2) is 0 Å². The fourth-order valence-corrected chi connectivity index (χ4v) is 3.36. The third-order valence-corrected chi connectivity index (χ3v) is 4.71. The summed E-state index contributed by atoms with van der Waals surface area (Å²) in [7, 11) is 0. The van der Waals surface area contributed by atoms with Crippen molar-refractivity contribution in [3.63, 3.8) is 0 Å². The van der Waals surface area contributed by atoms with Gasteiger partial charge in [-0.1, -0.05) is 61.4 Å². The molecule has 2 aromatic rings. The molecule has 1 heterocycles. The summed E-state index contributed by atoms with van der Waals surface area (Å²) in [6, 6.07) is 20.3. The first kappa shape index (κ1) is 18.9. The molecule has 0 aromatic heterocycles. The lowest BCUT2D eigenvalue weighted by atomic mass is 10.1. The summed E-state index contributed by atoms with van der Waals surface area (Å²) in [5, 5.41) is 8.91. The molecule has 1 aliphatic heterocycles. The first-order chi connectivity index (χ1) is 12.9. The van der Waals surface area contributed by atoms with Crippen molar-refractivity contribution in [1.29, 1.82) is 0 Å². The van der Waals surface area contributed by atoms with Gasteiger partial charge in [-0.15, -0.1) is 0 Å². The van der Waals surface area contributed by atoms with Gasteiger partial charge in [-0.3, -0.25) is 4.90 Å². The highest BCUT2D eigenvalue weighted by Gasteiger charge is 2.33. The molecule has 2 atom stereocenters. The van der Waals surface area contributed by atoms with Gasteiger partial charge in [0, 0.05) is 19.7 Å². The van der Waals surface area contributed by atoms with E-state index >= 15 is 0 Å². The molecule has 0 saturated carbocycles. The highest BCUT2D eigenvalue weighted by Crippen LogP contribution is 2.30. The lowest BCUT2D eigenvalue weighted by Crippen LogP contribution is -2.27. The smallest absolute Gasteiger partial charge is 0.137 e. The van der Waals surface area contributed by atoms with Crippen molar-refractivity contribution in [2.75, 3.05) is 26.3 Å². The van der Waals surface area contributed by atoms with E-state index in [4.69, 9.17) is 14.6 Å². The van der Waals surface area contributed by atoms with Gasteiger partial charge in [-0.25, -0.2) is 0 Å². The first-order valence-corrected chi connectivity index (χ1v) is 9.60. The Morgan fingerprint density at radius 2 is 1.62 bits per heavy atom. The van der Waals surface area contributed by atoms with E-state index in [9.17, 15) is 0 Å². The molecule has 1 fully saturated rings. The number of nitrogens with zero attached hydrogens (tertiary/aromatic N) is 1. The number of hydrogen-bond donors (Lipinski definition) is 1. The van der Waals surface area contributed by atoms with Gasteiger partial charge in [-0.05, 0) is 30.5 Å². The van der Waals surface area contributed by atoms with Crippen LogP contribution in [0.25, 0.3) is 0 Å². The normalized spacial score (nSPS) is 20.3. The number of ether oxygens (including phenoxy) is 2. The quantitative estimate of drug-likeness (QED) is 0.654. The Labute approximate surface area is 156 Å². The zero-order valence-corrected chi connectivity index (χ0v) is 15.3. The third-order valence-electron chi connectivity index (χ3n) is 4.71. The predicted molar refractivity (Wildman–Crippen MR) is 103 cm³/mol. The van der Waals surface area contributed by atoms with Crippen LogP contribution < -0.4 is 4.74 Å². The van der Waals surface area contributed by atoms with Crippen molar-refractivity contribution < 1.29 is 14.6 Å². The standard InChI is InChI=1S/C22H29NO3/c24-16-10-2-1-9-15-23-17-21(18-25-20-13-7-4-8-14-20)26-22(23)19-11-5-3-6-12-19/h3-8,11-14,21-22,24H,1-2,9-10,15-18H2. The topological polar surface area (TPSA) is 41.9 Å².